The van der Waals surface area contributed by atoms with E-state index in [-0.39, 0.29) is 5.92 Å². The number of carbonyl (C=O) groups is 3. The molecule has 0 bridgehead atoms. The summed E-state index contributed by atoms with van der Waals surface area (Å²) in [4.78, 5) is 29.9. The van der Waals surface area contributed by atoms with Crippen LogP contribution in [0.4, 0.5) is 0 Å². The highest BCUT2D eigenvalue weighted by atomic mass is 16.3. The van der Waals surface area contributed by atoms with Crippen molar-refractivity contribution in [2.45, 2.75) is 92.1 Å². The van der Waals surface area contributed by atoms with Crippen LogP contribution < -0.4 is 0 Å². The predicted molar refractivity (Wildman–Crippen MR) is 101 cm³/mol. The van der Waals surface area contributed by atoms with E-state index in [9.17, 15) is 19.5 Å². The van der Waals surface area contributed by atoms with Gasteiger partial charge in [0.1, 0.15) is 18.9 Å². The standard InChI is InChI=1S/C8H16O2.C8H14O.C4H8O/c1-3-5-8(10)7(4-2)6-9;1-3-5-6-8(4-2)7-9;1-2-3-4-5/h6-8,10H,3-5H2,1-2H3;6-7H,3-5H2,1-2H3;4H,2-3H2,1H3/b;8-6+;. The zero-order valence-corrected chi connectivity index (χ0v) is 16.3. The highest BCUT2D eigenvalue weighted by Crippen LogP contribution is 2.10. The van der Waals surface area contributed by atoms with Crippen molar-refractivity contribution < 1.29 is 19.5 Å². The predicted octanol–water partition coefficient (Wildman–Crippen LogP) is 4.68. The second-order valence-electron chi connectivity index (χ2n) is 5.56. The van der Waals surface area contributed by atoms with Gasteiger partial charge in [-0.1, -0.05) is 53.5 Å². The van der Waals surface area contributed by atoms with Crippen molar-refractivity contribution in [1.29, 1.82) is 0 Å². The lowest BCUT2D eigenvalue weighted by atomic mass is 9.98. The Bertz CT molecular complexity index is 311. The van der Waals surface area contributed by atoms with Crippen LogP contribution in [-0.4, -0.2) is 30.1 Å². The Kier molecular flexibility index (Phi) is 27.5. The molecule has 4 nitrogen and oxygen atoms in total. The topological polar surface area (TPSA) is 71.4 Å². The summed E-state index contributed by atoms with van der Waals surface area (Å²) in [5.74, 6) is -0.153. The molecule has 0 aliphatic carbocycles. The Balaban J connectivity index is -0.000000291. The van der Waals surface area contributed by atoms with Gasteiger partial charge in [-0.05, 0) is 37.7 Å². The number of hydrogen-bond acceptors (Lipinski definition) is 4. The van der Waals surface area contributed by atoms with E-state index in [0.29, 0.717) is 6.42 Å². The summed E-state index contributed by atoms with van der Waals surface area (Å²) in [5, 5.41) is 9.28. The fourth-order valence-corrected chi connectivity index (χ4v) is 1.69. The summed E-state index contributed by atoms with van der Waals surface area (Å²) >= 11 is 0. The minimum atomic E-state index is -0.424. The molecule has 0 saturated carbocycles. The van der Waals surface area contributed by atoms with Crippen molar-refractivity contribution in [3.63, 3.8) is 0 Å². The van der Waals surface area contributed by atoms with Crippen LogP contribution in [-0.2, 0) is 14.4 Å². The molecule has 1 N–H and O–H groups in total. The zero-order chi connectivity index (χ0) is 19.2. The Morgan fingerprint density at radius 2 is 1.50 bits per heavy atom. The first-order valence-electron chi connectivity index (χ1n) is 9.23. The van der Waals surface area contributed by atoms with E-state index in [2.05, 4.69) is 6.92 Å². The summed E-state index contributed by atoms with van der Waals surface area (Å²) in [7, 11) is 0. The lowest BCUT2D eigenvalue weighted by Gasteiger charge is -2.13. The number of aldehydes is 3. The third-order valence-corrected chi connectivity index (χ3v) is 3.39. The lowest BCUT2D eigenvalue weighted by molar-refractivity contribution is -0.114. The van der Waals surface area contributed by atoms with Crippen LogP contribution in [0.15, 0.2) is 11.6 Å². The molecule has 0 spiro atoms. The molecule has 4 heteroatoms. The van der Waals surface area contributed by atoms with E-state index < -0.39 is 6.10 Å². The maximum atomic E-state index is 10.3. The molecule has 0 radical (unpaired) electrons. The molecule has 0 saturated heterocycles. The number of carbonyl (C=O) groups excluding carboxylic acids is 3. The minimum absolute atomic E-state index is 0.153. The highest BCUT2D eigenvalue weighted by molar-refractivity contribution is 5.72. The van der Waals surface area contributed by atoms with Crippen molar-refractivity contribution in [2.75, 3.05) is 0 Å². The lowest BCUT2D eigenvalue weighted by Crippen LogP contribution is -2.20. The Hall–Kier alpha value is -1.29. The summed E-state index contributed by atoms with van der Waals surface area (Å²) in [6.07, 6.45) is 11.4. The van der Waals surface area contributed by atoms with Crippen molar-refractivity contribution in [3.8, 4) is 0 Å². The number of hydrogen-bond donors (Lipinski definition) is 1. The van der Waals surface area contributed by atoms with Crippen molar-refractivity contribution in [1.82, 2.24) is 0 Å². The molecular formula is C20H38O4. The van der Waals surface area contributed by atoms with Crippen LogP contribution in [0.25, 0.3) is 0 Å². The van der Waals surface area contributed by atoms with E-state index in [1.54, 1.807) is 0 Å². The average Bonchev–Trinajstić information content (AvgIpc) is 2.59. The zero-order valence-electron chi connectivity index (χ0n) is 16.3. The number of aliphatic hydroxyl groups excluding tert-OH is 1. The summed E-state index contributed by atoms with van der Waals surface area (Å²) < 4.78 is 0. The summed E-state index contributed by atoms with van der Waals surface area (Å²) in [6, 6.07) is 0. The molecule has 0 amide bonds. The fraction of sp³-hybridized carbons (Fsp3) is 0.750. The third-order valence-electron chi connectivity index (χ3n) is 3.39. The molecule has 0 heterocycles. The molecule has 0 aliphatic rings. The van der Waals surface area contributed by atoms with Crippen molar-refractivity contribution >= 4 is 18.9 Å². The summed E-state index contributed by atoms with van der Waals surface area (Å²) in [5.41, 5.74) is 0.928. The van der Waals surface area contributed by atoms with Gasteiger partial charge in [0.05, 0.1) is 6.10 Å². The molecule has 2 atom stereocenters. The van der Waals surface area contributed by atoms with E-state index in [0.717, 1.165) is 69.4 Å². The van der Waals surface area contributed by atoms with Gasteiger partial charge in [0, 0.05) is 12.3 Å². The van der Waals surface area contributed by atoms with E-state index in [1.807, 2.05) is 33.8 Å². The average molecular weight is 343 g/mol. The van der Waals surface area contributed by atoms with E-state index >= 15 is 0 Å². The first-order chi connectivity index (χ1) is 11.5. The Morgan fingerprint density at radius 3 is 1.75 bits per heavy atom. The maximum absolute atomic E-state index is 10.3. The van der Waals surface area contributed by atoms with Crippen LogP contribution in [0.3, 0.4) is 0 Å². The fourth-order valence-electron chi connectivity index (χ4n) is 1.69. The van der Waals surface area contributed by atoms with Gasteiger partial charge in [0.2, 0.25) is 0 Å². The normalized spacial score (nSPS) is 12.7. The van der Waals surface area contributed by atoms with Gasteiger partial charge in [-0.2, -0.15) is 0 Å². The van der Waals surface area contributed by atoms with Gasteiger partial charge in [-0.15, -0.1) is 0 Å². The molecule has 0 rings (SSSR count). The molecule has 0 fully saturated rings. The SMILES string of the molecule is CCC/C=C(/C=O)CC.CCCC(O)C(C=O)CC.CCCC=O. The second-order valence-corrected chi connectivity index (χ2v) is 5.56. The smallest absolute Gasteiger partial charge is 0.145 e. The van der Waals surface area contributed by atoms with Crippen molar-refractivity contribution in [3.05, 3.63) is 11.6 Å². The largest absolute Gasteiger partial charge is 0.392 e. The molecule has 0 aromatic heterocycles. The molecule has 24 heavy (non-hydrogen) atoms. The second kappa shape index (κ2) is 24.0. The monoisotopic (exact) mass is 342 g/mol. The third kappa shape index (κ3) is 20.7. The van der Waals surface area contributed by atoms with Crippen LogP contribution in [0.2, 0.25) is 0 Å². The molecule has 2 unspecified atom stereocenters. The Labute approximate surface area is 148 Å². The van der Waals surface area contributed by atoms with Gasteiger partial charge >= 0.3 is 0 Å². The van der Waals surface area contributed by atoms with Crippen LogP contribution in [0.5, 0.6) is 0 Å². The van der Waals surface area contributed by atoms with Crippen LogP contribution in [0, 0.1) is 5.92 Å². The van der Waals surface area contributed by atoms with Gasteiger partial charge in [-0.3, -0.25) is 4.79 Å². The highest BCUT2D eigenvalue weighted by Gasteiger charge is 2.14. The maximum Gasteiger partial charge on any atom is 0.145 e. The van der Waals surface area contributed by atoms with E-state index in [4.69, 9.17) is 0 Å². The summed E-state index contributed by atoms with van der Waals surface area (Å²) in [6.45, 7) is 10.00. The van der Waals surface area contributed by atoms with Crippen molar-refractivity contribution in [2.24, 2.45) is 5.92 Å². The molecule has 142 valence electrons. The number of aliphatic hydroxyl groups is 1. The van der Waals surface area contributed by atoms with Gasteiger partial charge < -0.3 is 14.7 Å². The van der Waals surface area contributed by atoms with Gasteiger partial charge in [0.15, 0.2) is 0 Å². The minimum Gasteiger partial charge on any atom is -0.392 e. The molecule has 0 aliphatic heterocycles. The number of allylic oxidation sites excluding steroid dienone is 2. The van der Waals surface area contributed by atoms with E-state index in [1.165, 1.54) is 0 Å². The molecular weight excluding hydrogens is 304 g/mol. The quantitative estimate of drug-likeness (QED) is 0.437. The van der Waals surface area contributed by atoms with Crippen LogP contribution in [0.1, 0.15) is 86.0 Å². The first-order valence-corrected chi connectivity index (χ1v) is 9.23. The number of unbranched alkanes of at least 4 members (excludes halogenated alkanes) is 2. The first kappa shape index (κ1) is 27.6. The Morgan fingerprint density at radius 1 is 0.917 bits per heavy atom. The van der Waals surface area contributed by atoms with Crippen LogP contribution >= 0.6 is 0 Å². The van der Waals surface area contributed by atoms with Gasteiger partial charge in [-0.25, -0.2) is 0 Å². The number of rotatable bonds is 11. The molecule has 0 aromatic rings. The van der Waals surface area contributed by atoms with Gasteiger partial charge in [0.25, 0.3) is 0 Å². The molecule has 0 aromatic carbocycles.